The number of fused-ring (bicyclic) bond motifs is 1. The summed E-state index contributed by atoms with van der Waals surface area (Å²) in [4.78, 5) is 16.4. The Morgan fingerprint density at radius 2 is 2.20 bits per heavy atom. The fourth-order valence-corrected chi connectivity index (χ4v) is 2.83. The molecule has 104 valence electrons. The van der Waals surface area contributed by atoms with Gasteiger partial charge in [-0.3, -0.25) is 9.78 Å². The van der Waals surface area contributed by atoms with Crippen molar-refractivity contribution in [3.63, 3.8) is 0 Å². The molecule has 2 aromatic rings. The van der Waals surface area contributed by atoms with E-state index in [4.69, 9.17) is 5.73 Å². The van der Waals surface area contributed by atoms with E-state index < -0.39 is 0 Å². The number of nitrogens with zero attached hydrogens (tertiary/aromatic N) is 1. The minimum atomic E-state index is 0.0441. The van der Waals surface area contributed by atoms with Crippen LogP contribution in [0.25, 0.3) is 10.9 Å². The zero-order valence-corrected chi connectivity index (χ0v) is 11.4. The first kappa shape index (κ1) is 13.1. The van der Waals surface area contributed by atoms with Gasteiger partial charge in [-0.2, -0.15) is 0 Å². The van der Waals surface area contributed by atoms with Crippen LogP contribution in [-0.4, -0.2) is 17.4 Å². The summed E-state index contributed by atoms with van der Waals surface area (Å²) in [6.45, 7) is 0.599. The number of anilines is 1. The summed E-state index contributed by atoms with van der Waals surface area (Å²) >= 11 is 0. The summed E-state index contributed by atoms with van der Waals surface area (Å²) in [7, 11) is 0. The highest BCUT2D eigenvalue weighted by molar-refractivity contribution is 5.94. The van der Waals surface area contributed by atoms with Crippen molar-refractivity contribution in [3.8, 4) is 0 Å². The molecule has 3 rings (SSSR count). The van der Waals surface area contributed by atoms with Crippen molar-refractivity contribution in [2.75, 3.05) is 11.9 Å². The highest BCUT2D eigenvalue weighted by Crippen LogP contribution is 2.43. The molecule has 1 amide bonds. The third-order valence-electron chi connectivity index (χ3n) is 4.27. The van der Waals surface area contributed by atoms with Crippen LogP contribution in [0.2, 0.25) is 0 Å². The Morgan fingerprint density at radius 3 is 2.90 bits per heavy atom. The molecule has 1 aliphatic carbocycles. The maximum Gasteiger partial charge on any atom is 0.224 e. The van der Waals surface area contributed by atoms with Crippen LogP contribution in [0.1, 0.15) is 25.7 Å². The van der Waals surface area contributed by atoms with Gasteiger partial charge in [0.15, 0.2) is 0 Å². The number of nitrogens with two attached hydrogens (primary N) is 1. The predicted molar refractivity (Wildman–Crippen MR) is 80.3 cm³/mol. The zero-order valence-electron chi connectivity index (χ0n) is 11.4. The molecule has 0 aliphatic heterocycles. The molecular weight excluding hydrogens is 250 g/mol. The van der Waals surface area contributed by atoms with Crippen LogP contribution in [-0.2, 0) is 4.79 Å². The molecular formula is C16H19N3O. The molecule has 0 bridgehead atoms. The lowest BCUT2D eigenvalue weighted by Gasteiger charge is -2.40. The third-order valence-corrected chi connectivity index (χ3v) is 4.27. The number of carbonyl (C=O) groups excluding carboxylic acids is 1. The smallest absolute Gasteiger partial charge is 0.224 e. The van der Waals surface area contributed by atoms with Crippen molar-refractivity contribution in [3.05, 3.63) is 36.5 Å². The van der Waals surface area contributed by atoms with E-state index in [-0.39, 0.29) is 11.3 Å². The average Bonchev–Trinajstić information content (AvgIpc) is 2.43. The standard InChI is InChI=1S/C16H19N3O/c17-11-16(6-2-7-16)10-15(20)19-13-4-5-14-12(9-13)3-1-8-18-14/h1,3-5,8-9H,2,6-7,10-11,17H2,(H,19,20). The van der Waals surface area contributed by atoms with Gasteiger partial charge in [-0.15, -0.1) is 0 Å². The SMILES string of the molecule is NCC1(CC(=O)Nc2ccc3ncccc3c2)CCC1. The fraction of sp³-hybridized carbons (Fsp3) is 0.375. The Balaban J connectivity index is 1.71. The molecule has 0 radical (unpaired) electrons. The summed E-state index contributed by atoms with van der Waals surface area (Å²) in [5.41, 5.74) is 7.60. The van der Waals surface area contributed by atoms with Crippen molar-refractivity contribution in [2.45, 2.75) is 25.7 Å². The average molecular weight is 269 g/mol. The zero-order chi connectivity index (χ0) is 14.0. The maximum absolute atomic E-state index is 12.1. The summed E-state index contributed by atoms with van der Waals surface area (Å²) in [5, 5.41) is 4.00. The van der Waals surface area contributed by atoms with Crippen LogP contribution in [0.3, 0.4) is 0 Å². The van der Waals surface area contributed by atoms with Crippen molar-refractivity contribution in [1.82, 2.24) is 4.98 Å². The summed E-state index contributed by atoms with van der Waals surface area (Å²) in [5.74, 6) is 0.0541. The number of hydrogen-bond acceptors (Lipinski definition) is 3. The lowest BCUT2D eigenvalue weighted by atomic mass is 9.66. The first-order valence-electron chi connectivity index (χ1n) is 7.06. The molecule has 1 aromatic heterocycles. The molecule has 0 saturated heterocycles. The van der Waals surface area contributed by atoms with Gasteiger partial charge in [0.25, 0.3) is 0 Å². The Kier molecular flexibility index (Phi) is 3.40. The van der Waals surface area contributed by atoms with E-state index in [1.54, 1.807) is 6.20 Å². The van der Waals surface area contributed by atoms with Crippen LogP contribution in [0, 0.1) is 5.41 Å². The number of nitrogens with one attached hydrogen (secondary N) is 1. The predicted octanol–water partition coefficient (Wildman–Crippen LogP) is 2.69. The maximum atomic E-state index is 12.1. The molecule has 1 aliphatic rings. The second-order valence-electron chi connectivity index (χ2n) is 5.69. The van der Waals surface area contributed by atoms with Crippen molar-refractivity contribution in [2.24, 2.45) is 11.1 Å². The van der Waals surface area contributed by atoms with Crippen LogP contribution in [0.15, 0.2) is 36.5 Å². The summed E-state index contributed by atoms with van der Waals surface area (Å²) in [6, 6.07) is 9.66. The molecule has 20 heavy (non-hydrogen) atoms. The Bertz CT molecular complexity index is 629. The monoisotopic (exact) mass is 269 g/mol. The third kappa shape index (κ3) is 2.51. The van der Waals surface area contributed by atoms with E-state index in [0.29, 0.717) is 13.0 Å². The van der Waals surface area contributed by atoms with Gasteiger partial charge in [-0.25, -0.2) is 0 Å². The lowest BCUT2D eigenvalue weighted by molar-refractivity contribution is -0.119. The number of hydrogen-bond donors (Lipinski definition) is 2. The minimum Gasteiger partial charge on any atom is -0.330 e. The molecule has 0 atom stereocenters. The topological polar surface area (TPSA) is 68.0 Å². The van der Waals surface area contributed by atoms with E-state index >= 15 is 0 Å². The van der Waals surface area contributed by atoms with Crippen LogP contribution < -0.4 is 11.1 Å². The second kappa shape index (κ2) is 5.21. The largest absolute Gasteiger partial charge is 0.330 e. The van der Waals surface area contributed by atoms with Gasteiger partial charge in [0, 0.05) is 23.7 Å². The normalized spacial score (nSPS) is 16.6. The minimum absolute atomic E-state index is 0.0441. The van der Waals surface area contributed by atoms with Gasteiger partial charge in [0.1, 0.15) is 0 Å². The molecule has 1 heterocycles. The van der Waals surface area contributed by atoms with Gasteiger partial charge < -0.3 is 11.1 Å². The highest BCUT2D eigenvalue weighted by atomic mass is 16.1. The first-order chi connectivity index (χ1) is 9.71. The number of benzene rings is 1. The Hall–Kier alpha value is -1.94. The quantitative estimate of drug-likeness (QED) is 0.896. The number of pyridine rings is 1. The van der Waals surface area contributed by atoms with Crippen molar-refractivity contribution < 1.29 is 4.79 Å². The van der Waals surface area contributed by atoms with E-state index in [0.717, 1.165) is 29.4 Å². The van der Waals surface area contributed by atoms with Gasteiger partial charge >= 0.3 is 0 Å². The Labute approximate surface area is 118 Å². The van der Waals surface area contributed by atoms with E-state index in [9.17, 15) is 4.79 Å². The second-order valence-corrected chi connectivity index (χ2v) is 5.69. The fourth-order valence-electron chi connectivity index (χ4n) is 2.83. The number of amides is 1. The molecule has 3 N–H and O–H groups in total. The van der Waals surface area contributed by atoms with Crippen molar-refractivity contribution >= 4 is 22.5 Å². The number of carbonyl (C=O) groups is 1. The summed E-state index contributed by atoms with van der Waals surface area (Å²) in [6.07, 6.45) is 5.61. The van der Waals surface area contributed by atoms with Gasteiger partial charge in [0.2, 0.25) is 5.91 Å². The summed E-state index contributed by atoms with van der Waals surface area (Å²) < 4.78 is 0. The van der Waals surface area contributed by atoms with Crippen LogP contribution in [0.4, 0.5) is 5.69 Å². The molecule has 1 fully saturated rings. The van der Waals surface area contributed by atoms with Crippen molar-refractivity contribution in [1.29, 1.82) is 0 Å². The molecule has 0 unspecified atom stereocenters. The number of aromatic nitrogens is 1. The van der Waals surface area contributed by atoms with E-state index in [1.807, 2.05) is 30.3 Å². The van der Waals surface area contributed by atoms with Gasteiger partial charge in [0.05, 0.1) is 5.52 Å². The van der Waals surface area contributed by atoms with Gasteiger partial charge in [-0.1, -0.05) is 12.5 Å². The lowest BCUT2D eigenvalue weighted by Crippen LogP contribution is -2.40. The molecule has 4 heteroatoms. The molecule has 1 saturated carbocycles. The molecule has 1 aromatic carbocycles. The molecule has 0 spiro atoms. The van der Waals surface area contributed by atoms with E-state index in [1.165, 1.54) is 6.42 Å². The van der Waals surface area contributed by atoms with Gasteiger partial charge in [-0.05, 0) is 49.1 Å². The number of rotatable bonds is 4. The molecule has 4 nitrogen and oxygen atoms in total. The first-order valence-corrected chi connectivity index (χ1v) is 7.06. The van der Waals surface area contributed by atoms with Crippen LogP contribution >= 0.6 is 0 Å². The Morgan fingerprint density at radius 1 is 1.35 bits per heavy atom. The van der Waals surface area contributed by atoms with Crippen LogP contribution in [0.5, 0.6) is 0 Å². The van der Waals surface area contributed by atoms with E-state index in [2.05, 4.69) is 10.3 Å². The highest BCUT2D eigenvalue weighted by Gasteiger charge is 2.37.